The second kappa shape index (κ2) is 7.44. The predicted molar refractivity (Wildman–Crippen MR) is 74.7 cm³/mol. The minimum Gasteiger partial charge on any atom is -0.480 e. The summed E-state index contributed by atoms with van der Waals surface area (Å²) in [7, 11) is 3.54. The molecule has 1 rings (SSSR count). The van der Waals surface area contributed by atoms with Gasteiger partial charge in [-0.25, -0.2) is 9.59 Å². The molecule has 0 aliphatic carbocycles. The molecular weight excluding hydrogens is 262 g/mol. The number of amides is 2. The zero-order valence-electron chi connectivity index (χ0n) is 12.6. The van der Waals surface area contributed by atoms with Crippen molar-refractivity contribution >= 4 is 12.0 Å². The van der Waals surface area contributed by atoms with Crippen LogP contribution >= 0.6 is 0 Å². The van der Waals surface area contributed by atoms with Crippen molar-refractivity contribution in [1.29, 1.82) is 0 Å². The van der Waals surface area contributed by atoms with Crippen molar-refractivity contribution in [3.8, 4) is 0 Å². The summed E-state index contributed by atoms with van der Waals surface area (Å²) in [6, 6.07) is -0.716. The Morgan fingerprint density at radius 3 is 2.35 bits per heavy atom. The van der Waals surface area contributed by atoms with Crippen LogP contribution in [0.3, 0.4) is 0 Å². The highest BCUT2D eigenvalue weighted by molar-refractivity contribution is 5.82. The molecule has 0 aromatic heterocycles. The molecule has 0 saturated carbocycles. The van der Waals surface area contributed by atoms with Gasteiger partial charge in [-0.2, -0.15) is 0 Å². The Morgan fingerprint density at radius 1 is 1.35 bits per heavy atom. The number of carboxylic acid groups (broad SMARTS) is 1. The molecule has 3 atom stereocenters. The fraction of sp³-hybridized carbons (Fsp3) is 0.846. The molecule has 1 aliphatic rings. The number of urea groups is 1. The van der Waals surface area contributed by atoms with Gasteiger partial charge in [-0.3, -0.25) is 4.90 Å². The normalized spacial score (nSPS) is 25.3. The van der Waals surface area contributed by atoms with E-state index in [1.54, 1.807) is 4.90 Å². The fourth-order valence-corrected chi connectivity index (χ4v) is 2.30. The van der Waals surface area contributed by atoms with Crippen LogP contribution in [0.4, 0.5) is 4.79 Å². The third-order valence-corrected chi connectivity index (χ3v) is 3.85. The first-order valence-electron chi connectivity index (χ1n) is 6.86. The molecule has 0 spiro atoms. The summed E-state index contributed by atoms with van der Waals surface area (Å²) in [5.74, 6) is -1.04. The number of nitrogens with zero attached hydrogens (tertiary/aromatic N) is 2. The molecule has 1 aliphatic heterocycles. The van der Waals surface area contributed by atoms with Gasteiger partial charge >= 0.3 is 12.0 Å². The van der Waals surface area contributed by atoms with Gasteiger partial charge in [-0.1, -0.05) is 0 Å². The van der Waals surface area contributed by atoms with E-state index in [0.717, 1.165) is 0 Å². The summed E-state index contributed by atoms with van der Waals surface area (Å²) in [6.07, 6.45) is 0.260. The third kappa shape index (κ3) is 4.35. The Hall–Kier alpha value is -1.34. The van der Waals surface area contributed by atoms with Gasteiger partial charge in [0.05, 0.1) is 0 Å². The van der Waals surface area contributed by atoms with E-state index in [-0.39, 0.29) is 24.5 Å². The predicted octanol–water partition coefficient (Wildman–Crippen LogP) is 0.210. The number of carbonyl (C=O) groups is 2. The first-order valence-corrected chi connectivity index (χ1v) is 6.86. The molecule has 0 aromatic rings. The van der Waals surface area contributed by atoms with E-state index < -0.39 is 12.0 Å². The average Bonchev–Trinajstić information content (AvgIpc) is 2.39. The first-order chi connectivity index (χ1) is 9.36. The van der Waals surface area contributed by atoms with E-state index in [1.807, 2.05) is 7.05 Å². The number of piperazine rings is 1. The lowest BCUT2D eigenvalue weighted by atomic mass is 10.1. The molecule has 1 heterocycles. The molecule has 20 heavy (non-hydrogen) atoms. The minimum absolute atomic E-state index is 0.256. The number of carboxylic acids is 1. The van der Waals surface area contributed by atoms with Gasteiger partial charge in [-0.15, -0.1) is 0 Å². The molecule has 0 radical (unpaired) electrons. The lowest BCUT2D eigenvalue weighted by molar-refractivity contribution is -0.139. The largest absolute Gasteiger partial charge is 0.480 e. The van der Waals surface area contributed by atoms with Crippen LogP contribution in [0.25, 0.3) is 0 Å². The van der Waals surface area contributed by atoms with Gasteiger partial charge in [0.1, 0.15) is 6.04 Å². The Kier molecular flexibility index (Phi) is 6.22. The molecule has 1 saturated heterocycles. The summed E-state index contributed by atoms with van der Waals surface area (Å²) >= 11 is 0. The van der Waals surface area contributed by atoms with Gasteiger partial charge < -0.3 is 20.1 Å². The lowest BCUT2D eigenvalue weighted by Gasteiger charge is -2.42. The molecule has 0 aromatic carbocycles. The number of methoxy groups -OCH3 is 1. The molecule has 7 nitrogen and oxygen atoms in total. The number of ether oxygens (including phenoxy) is 1. The van der Waals surface area contributed by atoms with Crippen molar-refractivity contribution in [3.63, 3.8) is 0 Å². The van der Waals surface area contributed by atoms with Gasteiger partial charge in [0.2, 0.25) is 0 Å². The lowest BCUT2D eigenvalue weighted by Crippen LogP contribution is -2.59. The summed E-state index contributed by atoms with van der Waals surface area (Å²) in [5.41, 5.74) is 0. The highest BCUT2D eigenvalue weighted by Gasteiger charge is 2.31. The quantitative estimate of drug-likeness (QED) is 0.755. The standard InChI is InChI=1S/C13H25N3O4/c1-9-7-16(8-10(2)15(9)3)13(19)14-11(12(17)18)5-6-20-4/h9-11H,5-8H2,1-4H3,(H,14,19)(H,17,18). The highest BCUT2D eigenvalue weighted by atomic mass is 16.5. The van der Waals surface area contributed by atoms with Crippen LogP contribution in [0.1, 0.15) is 20.3 Å². The second-order valence-electron chi connectivity index (χ2n) is 5.39. The molecule has 116 valence electrons. The number of hydrogen-bond donors (Lipinski definition) is 2. The maximum Gasteiger partial charge on any atom is 0.326 e. The van der Waals surface area contributed by atoms with E-state index in [2.05, 4.69) is 24.1 Å². The molecular formula is C13H25N3O4. The molecule has 1 fully saturated rings. The van der Waals surface area contributed by atoms with Crippen molar-refractivity contribution < 1.29 is 19.4 Å². The summed E-state index contributed by atoms with van der Waals surface area (Å²) in [4.78, 5) is 27.2. The monoisotopic (exact) mass is 287 g/mol. The molecule has 2 N–H and O–H groups in total. The zero-order valence-corrected chi connectivity index (χ0v) is 12.6. The smallest absolute Gasteiger partial charge is 0.326 e. The first kappa shape index (κ1) is 16.7. The van der Waals surface area contributed by atoms with Crippen LogP contribution in [-0.2, 0) is 9.53 Å². The number of nitrogens with one attached hydrogen (secondary N) is 1. The van der Waals surface area contributed by atoms with Crippen molar-refractivity contribution in [2.75, 3.05) is 33.9 Å². The van der Waals surface area contributed by atoms with Crippen LogP contribution in [0.2, 0.25) is 0 Å². The number of carbonyl (C=O) groups excluding carboxylic acids is 1. The molecule has 3 unspecified atom stereocenters. The highest BCUT2D eigenvalue weighted by Crippen LogP contribution is 2.13. The Labute approximate surface area is 119 Å². The number of likely N-dealkylation sites (N-methyl/N-ethyl adjacent to an activating group) is 1. The SMILES string of the molecule is COCCC(NC(=O)N1CC(C)N(C)C(C)C1)C(=O)O. The van der Waals surface area contributed by atoms with E-state index in [9.17, 15) is 9.59 Å². The molecule has 2 amide bonds. The van der Waals surface area contributed by atoms with Crippen LogP contribution in [-0.4, -0.2) is 78.9 Å². The topological polar surface area (TPSA) is 82.1 Å². The second-order valence-corrected chi connectivity index (χ2v) is 5.39. The van der Waals surface area contributed by atoms with Crippen molar-refractivity contribution in [2.24, 2.45) is 0 Å². The Balaban J connectivity index is 2.58. The van der Waals surface area contributed by atoms with E-state index >= 15 is 0 Å². The van der Waals surface area contributed by atoms with Crippen molar-refractivity contribution in [3.05, 3.63) is 0 Å². The fourth-order valence-electron chi connectivity index (χ4n) is 2.30. The van der Waals surface area contributed by atoms with E-state index in [0.29, 0.717) is 19.7 Å². The van der Waals surface area contributed by atoms with Gasteiger partial charge in [0.15, 0.2) is 0 Å². The Bertz CT molecular complexity index is 339. The van der Waals surface area contributed by atoms with Gasteiger partial charge in [0, 0.05) is 45.3 Å². The number of aliphatic carboxylic acids is 1. The maximum atomic E-state index is 12.2. The summed E-state index contributed by atoms with van der Waals surface area (Å²) < 4.78 is 4.86. The van der Waals surface area contributed by atoms with Crippen LogP contribution in [0.5, 0.6) is 0 Å². The van der Waals surface area contributed by atoms with Gasteiger partial charge in [0.25, 0.3) is 0 Å². The maximum absolute atomic E-state index is 12.2. The van der Waals surface area contributed by atoms with Crippen molar-refractivity contribution in [2.45, 2.75) is 38.4 Å². The zero-order chi connectivity index (χ0) is 15.3. The summed E-state index contributed by atoms with van der Waals surface area (Å²) in [6.45, 7) is 5.60. The van der Waals surface area contributed by atoms with Gasteiger partial charge in [-0.05, 0) is 20.9 Å². The van der Waals surface area contributed by atoms with E-state index in [1.165, 1.54) is 7.11 Å². The number of hydrogen-bond acceptors (Lipinski definition) is 4. The van der Waals surface area contributed by atoms with Crippen LogP contribution in [0.15, 0.2) is 0 Å². The average molecular weight is 287 g/mol. The van der Waals surface area contributed by atoms with Crippen LogP contribution in [0, 0.1) is 0 Å². The third-order valence-electron chi connectivity index (χ3n) is 3.85. The van der Waals surface area contributed by atoms with Crippen LogP contribution < -0.4 is 5.32 Å². The van der Waals surface area contributed by atoms with E-state index in [4.69, 9.17) is 9.84 Å². The van der Waals surface area contributed by atoms with Crippen molar-refractivity contribution in [1.82, 2.24) is 15.1 Å². The summed E-state index contributed by atoms with van der Waals surface area (Å²) in [5, 5.41) is 11.7. The minimum atomic E-state index is -1.04. The molecule has 7 heteroatoms. The molecule has 0 bridgehead atoms. The Morgan fingerprint density at radius 2 is 1.90 bits per heavy atom. The number of rotatable bonds is 5.